The lowest BCUT2D eigenvalue weighted by molar-refractivity contribution is -0.141. The monoisotopic (exact) mass is 426 g/mol. The average Bonchev–Trinajstić information content (AvgIpc) is 2.78. The smallest absolute Gasteiger partial charge is 0.494 e. The summed E-state index contributed by atoms with van der Waals surface area (Å²) in [6, 6.07) is 6.08. The second-order valence-electron chi connectivity index (χ2n) is 6.54. The number of nitrogens with one attached hydrogen (secondary N) is 1. The Morgan fingerprint density at radius 2 is 1.94 bits per heavy atom. The predicted octanol–water partition coefficient (Wildman–Crippen LogP) is 0.288. The zero-order valence-corrected chi connectivity index (χ0v) is 17.3. The van der Waals surface area contributed by atoms with E-state index in [0.29, 0.717) is 23.0 Å². The van der Waals surface area contributed by atoms with Crippen LogP contribution in [0.1, 0.15) is 12.5 Å². The molecule has 3 rings (SSSR count). The standard InChI is InChI=1S/C18H23BN8O4/c1-12(16(28)29)26-11-27(17(20)24-19(26)25-18-21-5-4-6-22-18)23-10-13-7-14(30-2)9-15(8-13)31-3/h4-10,12H,11H2,1-3H3,(H2,20,24)(H,28,29)(H,21,22,25)/t12-/m0/s1. The van der Waals surface area contributed by atoms with Crippen molar-refractivity contribution in [3.63, 3.8) is 0 Å². The molecule has 0 fully saturated rings. The molecule has 0 spiro atoms. The van der Waals surface area contributed by atoms with Crippen molar-refractivity contribution in [3.8, 4) is 11.5 Å². The first kappa shape index (κ1) is 21.8. The Morgan fingerprint density at radius 1 is 1.29 bits per heavy atom. The molecule has 1 aliphatic heterocycles. The van der Waals surface area contributed by atoms with E-state index >= 15 is 0 Å². The van der Waals surface area contributed by atoms with Crippen LogP contribution in [0.15, 0.2) is 46.7 Å². The van der Waals surface area contributed by atoms with Gasteiger partial charge in [0.15, 0.2) is 0 Å². The number of aromatic nitrogens is 2. The number of nitrogens with two attached hydrogens (primary N) is 1. The van der Waals surface area contributed by atoms with Crippen molar-refractivity contribution in [2.24, 2.45) is 15.7 Å². The summed E-state index contributed by atoms with van der Waals surface area (Å²) in [6.45, 7) is 1.62. The fraction of sp³-hybridized carbons (Fsp3) is 0.278. The van der Waals surface area contributed by atoms with E-state index in [9.17, 15) is 9.90 Å². The number of ether oxygens (including phenoxy) is 2. The number of hydrogen-bond donors (Lipinski definition) is 3. The third-order valence-electron chi connectivity index (χ3n) is 4.53. The molecular weight excluding hydrogens is 403 g/mol. The molecule has 31 heavy (non-hydrogen) atoms. The SMILES string of the molecule is COc1cc(C=NN2CN([C@@H](C)C(=O)O)B(Nc3ncccn3)N=C2N)cc(OC)c1. The fourth-order valence-corrected chi connectivity index (χ4v) is 2.79. The van der Waals surface area contributed by atoms with Crippen LogP contribution in [0.3, 0.4) is 0 Å². The molecule has 1 aliphatic rings. The highest BCUT2D eigenvalue weighted by molar-refractivity contribution is 6.59. The molecule has 13 heteroatoms. The topological polar surface area (TPSA) is 151 Å². The van der Waals surface area contributed by atoms with Crippen molar-refractivity contribution >= 4 is 31.2 Å². The zero-order chi connectivity index (χ0) is 22.4. The minimum atomic E-state index is -1.02. The van der Waals surface area contributed by atoms with E-state index in [-0.39, 0.29) is 12.6 Å². The second-order valence-corrected chi connectivity index (χ2v) is 6.54. The molecule has 0 saturated carbocycles. The summed E-state index contributed by atoms with van der Waals surface area (Å²) in [6.07, 6.45) is 4.69. The quantitative estimate of drug-likeness (QED) is 0.397. The summed E-state index contributed by atoms with van der Waals surface area (Å²) in [4.78, 5) is 25.7. The van der Waals surface area contributed by atoms with Gasteiger partial charge in [-0.3, -0.25) is 14.5 Å². The van der Waals surface area contributed by atoms with Crippen LogP contribution in [-0.2, 0) is 4.79 Å². The van der Waals surface area contributed by atoms with Gasteiger partial charge in [-0.15, -0.1) is 0 Å². The first-order valence-electron chi connectivity index (χ1n) is 9.31. The van der Waals surface area contributed by atoms with Crippen LogP contribution in [-0.4, -0.2) is 77.1 Å². The molecule has 2 heterocycles. The number of aliphatic carboxylic acids is 1. The molecule has 12 nitrogen and oxygen atoms in total. The summed E-state index contributed by atoms with van der Waals surface area (Å²) in [7, 11) is 2.33. The Bertz CT molecular complexity index is 952. The van der Waals surface area contributed by atoms with E-state index in [4.69, 9.17) is 15.2 Å². The number of nitrogens with zero attached hydrogens (tertiary/aromatic N) is 6. The third-order valence-corrected chi connectivity index (χ3v) is 4.53. The number of hydrazone groups is 1. The highest BCUT2D eigenvalue weighted by Crippen LogP contribution is 2.22. The number of methoxy groups -OCH3 is 2. The molecule has 2 aromatic rings. The fourth-order valence-electron chi connectivity index (χ4n) is 2.79. The third kappa shape index (κ3) is 5.39. The molecule has 0 radical (unpaired) electrons. The van der Waals surface area contributed by atoms with E-state index in [2.05, 4.69) is 25.2 Å². The van der Waals surface area contributed by atoms with Crippen molar-refractivity contribution in [1.29, 1.82) is 0 Å². The minimum Gasteiger partial charge on any atom is -0.497 e. The number of benzene rings is 1. The maximum atomic E-state index is 11.6. The molecule has 1 aromatic heterocycles. The molecule has 0 amide bonds. The maximum absolute atomic E-state index is 11.6. The van der Waals surface area contributed by atoms with Crippen molar-refractivity contribution < 1.29 is 19.4 Å². The molecule has 0 unspecified atom stereocenters. The van der Waals surface area contributed by atoms with E-state index in [1.165, 1.54) is 5.01 Å². The Kier molecular flexibility index (Phi) is 6.87. The molecule has 0 bridgehead atoms. The lowest BCUT2D eigenvalue weighted by Gasteiger charge is -2.36. The molecule has 4 N–H and O–H groups in total. The average molecular weight is 426 g/mol. The van der Waals surface area contributed by atoms with Crippen LogP contribution in [0.5, 0.6) is 11.5 Å². The summed E-state index contributed by atoms with van der Waals surface area (Å²) in [5.41, 5.74) is 6.80. The van der Waals surface area contributed by atoms with Crippen LogP contribution in [0, 0.1) is 0 Å². The largest absolute Gasteiger partial charge is 0.497 e. The van der Waals surface area contributed by atoms with E-state index < -0.39 is 19.1 Å². The van der Waals surface area contributed by atoms with Crippen LogP contribution in [0.4, 0.5) is 5.95 Å². The van der Waals surface area contributed by atoms with E-state index in [1.807, 2.05) is 0 Å². The number of hydrogen-bond acceptors (Lipinski definition) is 11. The van der Waals surface area contributed by atoms with Crippen molar-refractivity contribution in [2.45, 2.75) is 13.0 Å². The van der Waals surface area contributed by atoms with Gasteiger partial charge < -0.3 is 25.5 Å². The van der Waals surface area contributed by atoms with Gasteiger partial charge in [0, 0.05) is 24.0 Å². The van der Waals surface area contributed by atoms with Crippen LogP contribution in [0.2, 0.25) is 0 Å². The molecule has 1 aromatic carbocycles. The molecule has 1 atom stereocenters. The van der Waals surface area contributed by atoms with Crippen molar-refractivity contribution in [3.05, 3.63) is 42.2 Å². The van der Waals surface area contributed by atoms with Gasteiger partial charge in [0.1, 0.15) is 11.5 Å². The summed E-state index contributed by atoms with van der Waals surface area (Å²) in [5.74, 6) is 0.599. The maximum Gasteiger partial charge on any atom is 0.494 e. The van der Waals surface area contributed by atoms with E-state index in [0.717, 1.165) is 0 Å². The highest BCUT2D eigenvalue weighted by atomic mass is 16.5. The van der Waals surface area contributed by atoms with E-state index in [1.54, 1.807) is 68.8 Å². The van der Waals surface area contributed by atoms with Gasteiger partial charge in [0.2, 0.25) is 11.9 Å². The minimum absolute atomic E-state index is 0.0743. The first-order valence-corrected chi connectivity index (χ1v) is 9.31. The number of rotatable bonds is 8. The Hall–Kier alpha value is -3.87. The molecular formula is C18H23BN8O4. The number of carboxylic acid groups (broad SMARTS) is 1. The van der Waals surface area contributed by atoms with Gasteiger partial charge in [-0.1, -0.05) is 0 Å². The van der Waals surface area contributed by atoms with Gasteiger partial charge in [-0.25, -0.2) is 15.0 Å². The Morgan fingerprint density at radius 3 is 2.52 bits per heavy atom. The lowest BCUT2D eigenvalue weighted by atomic mass is 9.88. The Labute approximate surface area is 179 Å². The van der Waals surface area contributed by atoms with Crippen LogP contribution in [0.25, 0.3) is 0 Å². The zero-order valence-electron chi connectivity index (χ0n) is 17.3. The summed E-state index contributed by atoms with van der Waals surface area (Å²) in [5, 5.41) is 18.3. The Balaban J connectivity index is 1.86. The molecule has 0 saturated heterocycles. The van der Waals surface area contributed by atoms with Gasteiger partial charge in [-0.05, 0) is 25.1 Å². The first-order chi connectivity index (χ1) is 14.9. The van der Waals surface area contributed by atoms with Gasteiger partial charge in [-0.2, -0.15) is 5.10 Å². The van der Waals surface area contributed by atoms with Gasteiger partial charge >= 0.3 is 13.1 Å². The number of anilines is 1. The number of carboxylic acids is 1. The predicted molar refractivity (Wildman–Crippen MR) is 116 cm³/mol. The van der Waals surface area contributed by atoms with Gasteiger partial charge in [0.25, 0.3) is 0 Å². The van der Waals surface area contributed by atoms with Crippen molar-refractivity contribution in [2.75, 3.05) is 26.1 Å². The van der Waals surface area contributed by atoms with Gasteiger partial charge in [0.05, 0.1) is 33.1 Å². The summed E-state index contributed by atoms with van der Waals surface area (Å²) >= 11 is 0. The number of guanidine groups is 1. The van der Waals surface area contributed by atoms with Crippen LogP contribution >= 0.6 is 0 Å². The highest BCUT2D eigenvalue weighted by Gasteiger charge is 2.38. The second kappa shape index (κ2) is 9.76. The lowest BCUT2D eigenvalue weighted by Crippen LogP contribution is -2.61. The molecule has 0 aliphatic carbocycles. The normalized spacial score (nSPS) is 15.5. The van der Waals surface area contributed by atoms with Crippen molar-refractivity contribution in [1.82, 2.24) is 19.8 Å². The summed E-state index contributed by atoms with van der Waals surface area (Å²) < 4.78 is 10.5. The molecule has 162 valence electrons. The number of carbonyl (C=O) groups is 1. The van der Waals surface area contributed by atoms with Crippen LogP contribution < -0.4 is 20.4 Å².